The minimum absolute atomic E-state index is 0.329. The van der Waals surface area contributed by atoms with E-state index in [1.54, 1.807) is 0 Å². The third kappa shape index (κ3) is 3.13. The van der Waals surface area contributed by atoms with Crippen molar-refractivity contribution in [3.8, 4) is 0 Å². The largest absolute Gasteiger partial charge is 0.396 e. The van der Waals surface area contributed by atoms with Gasteiger partial charge in [-0.1, -0.05) is 12.2 Å². The van der Waals surface area contributed by atoms with Crippen LogP contribution in [0.1, 0.15) is 6.42 Å². The third-order valence-electron chi connectivity index (χ3n) is 2.25. The van der Waals surface area contributed by atoms with Gasteiger partial charge in [-0.05, 0) is 18.9 Å². The molecule has 1 aliphatic rings. The van der Waals surface area contributed by atoms with Gasteiger partial charge in [0.2, 0.25) is 0 Å². The highest BCUT2D eigenvalue weighted by molar-refractivity contribution is 6.18. The van der Waals surface area contributed by atoms with Gasteiger partial charge in [0.05, 0.1) is 0 Å². The second-order valence-electron chi connectivity index (χ2n) is 3.22. The number of halogens is 1. The number of allylic oxidation sites excluding steroid dienone is 1. The lowest BCUT2D eigenvalue weighted by atomic mass is 10.1. The molecule has 12 heavy (non-hydrogen) atoms. The number of likely N-dealkylation sites (tertiary alicyclic amines) is 1. The first kappa shape index (κ1) is 10.0. The van der Waals surface area contributed by atoms with E-state index in [1.165, 1.54) is 0 Å². The van der Waals surface area contributed by atoms with Crippen LogP contribution in [0.2, 0.25) is 0 Å². The van der Waals surface area contributed by atoms with E-state index in [9.17, 15) is 0 Å². The van der Waals surface area contributed by atoms with Gasteiger partial charge >= 0.3 is 0 Å². The average Bonchev–Trinajstić information content (AvgIpc) is 2.53. The number of hydrogen-bond acceptors (Lipinski definition) is 2. The maximum absolute atomic E-state index is 8.89. The van der Waals surface area contributed by atoms with Crippen molar-refractivity contribution in [2.45, 2.75) is 6.42 Å². The number of nitrogens with zero attached hydrogens (tertiary/aromatic N) is 1. The van der Waals surface area contributed by atoms with Crippen molar-refractivity contribution in [2.75, 3.05) is 32.1 Å². The maximum atomic E-state index is 8.89. The van der Waals surface area contributed by atoms with Gasteiger partial charge < -0.3 is 5.11 Å². The first-order valence-electron chi connectivity index (χ1n) is 4.41. The van der Waals surface area contributed by atoms with Crippen LogP contribution in [0.4, 0.5) is 0 Å². The Morgan fingerprint density at radius 2 is 2.33 bits per heavy atom. The Bertz CT molecular complexity index is 149. The summed E-state index contributed by atoms with van der Waals surface area (Å²) in [5.41, 5.74) is 0. The van der Waals surface area contributed by atoms with Gasteiger partial charge in [-0.2, -0.15) is 0 Å². The fraction of sp³-hybridized carbons (Fsp3) is 0.778. The number of alkyl halides is 1. The van der Waals surface area contributed by atoms with Crippen molar-refractivity contribution in [3.63, 3.8) is 0 Å². The molecule has 1 heterocycles. The highest BCUT2D eigenvalue weighted by Crippen LogP contribution is 2.14. The molecule has 1 unspecified atom stereocenters. The Hall–Kier alpha value is -0.0500. The molecular formula is C9H16ClNO. The van der Waals surface area contributed by atoms with Crippen LogP contribution in [0, 0.1) is 5.92 Å². The Balaban J connectivity index is 2.14. The quantitative estimate of drug-likeness (QED) is 0.529. The van der Waals surface area contributed by atoms with Crippen molar-refractivity contribution in [1.29, 1.82) is 0 Å². The van der Waals surface area contributed by atoms with Crippen molar-refractivity contribution >= 4 is 11.6 Å². The Labute approximate surface area is 78.8 Å². The molecule has 1 saturated heterocycles. The van der Waals surface area contributed by atoms with E-state index in [0.717, 1.165) is 26.1 Å². The Morgan fingerprint density at radius 1 is 1.50 bits per heavy atom. The number of hydrogen-bond donors (Lipinski definition) is 1. The lowest BCUT2D eigenvalue weighted by Crippen LogP contribution is -2.21. The van der Waals surface area contributed by atoms with Crippen LogP contribution < -0.4 is 0 Å². The molecular weight excluding hydrogens is 174 g/mol. The third-order valence-corrected chi connectivity index (χ3v) is 2.43. The molecule has 1 atom stereocenters. The average molecular weight is 190 g/mol. The topological polar surface area (TPSA) is 23.5 Å². The summed E-state index contributed by atoms with van der Waals surface area (Å²) in [6, 6.07) is 0. The molecule has 0 spiro atoms. The molecule has 0 aliphatic carbocycles. The van der Waals surface area contributed by atoms with Gasteiger partial charge in [-0.3, -0.25) is 4.90 Å². The molecule has 3 heteroatoms. The van der Waals surface area contributed by atoms with Crippen molar-refractivity contribution in [1.82, 2.24) is 4.90 Å². The molecule has 70 valence electrons. The summed E-state index contributed by atoms with van der Waals surface area (Å²) in [5.74, 6) is 1.09. The van der Waals surface area contributed by atoms with Crippen LogP contribution >= 0.6 is 11.6 Å². The molecule has 0 amide bonds. The Morgan fingerprint density at radius 3 is 2.92 bits per heavy atom. The summed E-state index contributed by atoms with van der Waals surface area (Å²) in [4.78, 5) is 2.34. The summed E-state index contributed by atoms with van der Waals surface area (Å²) in [6.07, 6.45) is 5.19. The van der Waals surface area contributed by atoms with Crippen LogP contribution in [0.3, 0.4) is 0 Å². The maximum Gasteiger partial charge on any atom is 0.0471 e. The zero-order valence-electron chi connectivity index (χ0n) is 7.25. The van der Waals surface area contributed by atoms with E-state index in [-0.39, 0.29) is 0 Å². The summed E-state index contributed by atoms with van der Waals surface area (Å²) < 4.78 is 0. The predicted octanol–water partition coefficient (Wildman–Crippen LogP) is 1.10. The van der Waals surface area contributed by atoms with Crippen LogP contribution in [0.15, 0.2) is 12.2 Å². The van der Waals surface area contributed by atoms with Crippen molar-refractivity contribution < 1.29 is 5.11 Å². The van der Waals surface area contributed by atoms with Crippen LogP contribution in [0.25, 0.3) is 0 Å². The molecule has 2 nitrogen and oxygen atoms in total. The van der Waals surface area contributed by atoms with Crippen molar-refractivity contribution in [2.24, 2.45) is 5.92 Å². The van der Waals surface area contributed by atoms with Gasteiger partial charge in [0.1, 0.15) is 0 Å². The molecule has 1 rings (SSSR count). The lowest BCUT2D eigenvalue weighted by molar-refractivity contribution is 0.225. The predicted molar refractivity (Wildman–Crippen MR) is 51.5 cm³/mol. The fourth-order valence-corrected chi connectivity index (χ4v) is 1.64. The molecule has 0 aromatic heterocycles. The molecule has 0 aromatic carbocycles. The zero-order chi connectivity index (χ0) is 8.81. The Kier molecular flexibility index (Phi) is 4.66. The molecule has 1 N–H and O–H groups in total. The van der Waals surface area contributed by atoms with Gasteiger partial charge in [0, 0.05) is 25.6 Å². The minimum Gasteiger partial charge on any atom is -0.396 e. The minimum atomic E-state index is 0.329. The van der Waals surface area contributed by atoms with E-state index in [2.05, 4.69) is 11.0 Å². The van der Waals surface area contributed by atoms with Gasteiger partial charge in [0.25, 0.3) is 0 Å². The van der Waals surface area contributed by atoms with Gasteiger partial charge in [-0.25, -0.2) is 0 Å². The molecule has 0 bridgehead atoms. The second-order valence-corrected chi connectivity index (χ2v) is 3.53. The highest BCUT2D eigenvalue weighted by atomic mass is 35.5. The molecule has 1 fully saturated rings. The van der Waals surface area contributed by atoms with Crippen molar-refractivity contribution in [3.05, 3.63) is 12.2 Å². The number of aliphatic hydroxyl groups excluding tert-OH is 1. The summed E-state index contributed by atoms with van der Waals surface area (Å²) in [7, 11) is 0. The summed E-state index contributed by atoms with van der Waals surface area (Å²) >= 11 is 5.50. The van der Waals surface area contributed by atoms with E-state index in [0.29, 0.717) is 18.4 Å². The SMILES string of the molecule is OCC1CCN(C/C=C/CCl)C1. The summed E-state index contributed by atoms with van der Waals surface area (Å²) in [6.45, 7) is 3.44. The summed E-state index contributed by atoms with van der Waals surface area (Å²) in [5, 5.41) is 8.89. The van der Waals surface area contributed by atoms with Gasteiger partial charge in [-0.15, -0.1) is 11.6 Å². The second kappa shape index (κ2) is 5.57. The standard InChI is InChI=1S/C9H16ClNO/c10-4-1-2-5-11-6-3-9(7-11)8-12/h1-2,9,12H,3-8H2/b2-1+. The van der Waals surface area contributed by atoms with Crippen LogP contribution in [-0.4, -0.2) is 42.1 Å². The van der Waals surface area contributed by atoms with E-state index in [1.807, 2.05) is 6.08 Å². The molecule has 0 aromatic rings. The van der Waals surface area contributed by atoms with Crippen LogP contribution in [-0.2, 0) is 0 Å². The van der Waals surface area contributed by atoms with E-state index < -0.39 is 0 Å². The first-order chi connectivity index (χ1) is 5.86. The number of rotatable bonds is 4. The van der Waals surface area contributed by atoms with E-state index >= 15 is 0 Å². The normalized spacial score (nSPS) is 25.7. The zero-order valence-corrected chi connectivity index (χ0v) is 8.00. The first-order valence-corrected chi connectivity index (χ1v) is 4.94. The molecule has 0 radical (unpaired) electrons. The van der Waals surface area contributed by atoms with Gasteiger partial charge in [0.15, 0.2) is 0 Å². The number of aliphatic hydroxyl groups is 1. The smallest absolute Gasteiger partial charge is 0.0471 e. The lowest BCUT2D eigenvalue weighted by Gasteiger charge is -2.11. The van der Waals surface area contributed by atoms with E-state index in [4.69, 9.17) is 16.7 Å². The molecule has 1 aliphatic heterocycles. The molecule has 0 saturated carbocycles. The highest BCUT2D eigenvalue weighted by Gasteiger charge is 2.19. The van der Waals surface area contributed by atoms with Crippen LogP contribution in [0.5, 0.6) is 0 Å². The fourth-order valence-electron chi connectivity index (χ4n) is 1.51. The monoisotopic (exact) mass is 189 g/mol.